The van der Waals surface area contributed by atoms with Crippen molar-refractivity contribution in [3.05, 3.63) is 92.7 Å². The third-order valence-corrected chi connectivity index (χ3v) is 4.40. The Kier molecular flexibility index (Phi) is 5.13. The lowest BCUT2D eigenvalue weighted by Gasteiger charge is -2.12. The maximum Gasteiger partial charge on any atom is 0.433 e. The first kappa shape index (κ1) is 19.1. The van der Waals surface area contributed by atoms with E-state index in [4.69, 9.17) is 9.15 Å². The molecule has 0 fully saturated rings. The van der Waals surface area contributed by atoms with Gasteiger partial charge in [0.1, 0.15) is 22.3 Å². The normalized spacial score (nSPS) is 11.2. The lowest BCUT2D eigenvalue weighted by Crippen LogP contribution is -2.22. The maximum absolute atomic E-state index is 13.2. The minimum absolute atomic E-state index is 0.227. The summed E-state index contributed by atoms with van der Waals surface area (Å²) in [6.07, 6.45) is 3.13. The maximum atomic E-state index is 13.2. The van der Waals surface area contributed by atoms with Crippen LogP contribution in [0, 0.1) is 10.1 Å². The van der Waals surface area contributed by atoms with Gasteiger partial charge in [0, 0.05) is 0 Å². The molecular formula is C22H17N3O5. The highest BCUT2D eigenvalue weighted by Crippen LogP contribution is 2.20. The summed E-state index contributed by atoms with van der Waals surface area (Å²) >= 11 is 0. The average molecular weight is 403 g/mol. The van der Waals surface area contributed by atoms with E-state index >= 15 is 0 Å². The number of fused-ring (bicyclic) bond motifs is 1. The Bertz CT molecular complexity index is 1300. The molecule has 0 N–H and O–H groups in total. The fourth-order valence-electron chi connectivity index (χ4n) is 3.06. The van der Waals surface area contributed by atoms with E-state index in [9.17, 15) is 14.9 Å². The summed E-state index contributed by atoms with van der Waals surface area (Å²) in [6, 6.07) is 16.9. The van der Waals surface area contributed by atoms with Crippen molar-refractivity contribution < 1.29 is 14.1 Å². The van der Waals surface area contributed by atoms with Crippen LogP contribution in [0.4, 0.5) is 5.88 Å². The highest BCUT2D eigenvalue weighted by atomic mass is 16.6. The molecule has 0 aliphatic rings. The van der Waals surface area contributed by atoms with Crippen LogP contribution in [0.3, 0.4) is 0 Å². The summed E-state index contributed by atoms with van der Waals surface area (Å²) in [7, 11) is 0. The second kappa shape index (κ2) is 8.04. The molecule has 0 bridgehead atoms. The van der Waals surface area contributed by atoms with Crippen LogP contribution in [0.1, 0.15) is 18.5 Å². The summed E-state index contributed by atoms with van der Waals surface area (Å²) in [5.41, 5.74) is 0.941. The van der Waals surface area contributed by atoms with E-state index in [-0.39, 0.29) is 17.2 Å². The first-order valence-electron chi connectivity index (χ1n) is 9.24. The van der Waals surface area contributed by atoms with E-state index in [0.29, 0.717) is 34.8 Å². The van der Waals surface area contributed by atoms with Gasteiger partial charge in [-0.3, -0.25) is 19.5 Å². The third kappa shape index (κ3) is 3.70. The van der Waals surface area contributed by atoms with Crippen molar-refractivity contribution in [2.75, 3.05) is 6.61 Å². The van der Waals surface area contributed by atoms with Gasteiger partial charge in [0.2, 0.25) is 0 Å². The molecule has 0 amide bonds. The summed E-state index contributed by atoms with van der Waals surface area (Å²) in [6.45, 7) is 2.44. The van der Waals surface area contributed by atoms with Crippen molar-refractivity contribution in [3.8, 4) is 11.4 Å². The highest BCUT2D eigenvalue weighted by molar-refractivity contribution is 5.79. The fraction of sp³-hybridized carbons (Fsp3) is 0.0909. The van der Waals surface area contributed by atoms with Crippen molar-refractivity contribution in [1.82, 2.24) is 9.55 Å². The Morgan fingerprint density at radius 2 is 1.87 bits per heavy atom. The molecule has 30 heavy (non-hydrogen) atoms. The monoisotopic (exact) mass is 403 g/mol. The van der Waals surface area contributed by atoms with Crippen LogP contribution in [-0.4, -0.2) is 21.1 Å². The zero-order valence-corrected chi connectivity index (χ0v) is 16.0. The molecule has 2 aromatic carbocycles. The number of rotatable bonds is 6. The van der Waals surface area contributed by atoms with Crippen LogP contribution >= 0.6 is 0 Å². The first-order chi connectivity index (χ1) is 14.6. The SMILES string of the molecule is CCOc1ccc(-n2c(C=Cc3ccc([N+](=O)[O-])o3)nc3ccccc3c2=O)cc1. The molecule has 0 aliphatic heterocycles. The van der Waals surface area contributed by atoms with Gasteiger partial charge in [-0.25, -0.2) is 4.98 Å². The van der Waals surface area contributed by atoms with Crippen molar-refractivity contribution in [2.24, 2.45) is 0 Å². The van der Waals surface area contributed by atoms with Crippen LogP contribution in [0.25, 0.3) is 28.7 Å². The average Bonchev–Trinajstić information content (AvgIpc) is 3.23. The number of benzene rings is 2. The zero-order valence-electron chi connectivity index (χ0n) is 16.0. The van der Waals surface area contributed by atoms with Gasteiger partial charge < -0.3 is 9.15 Å². The van der Waals surface area contributed by atoms with Gasteiger partial charge in [-0.1, -0.05) is 12.1 Å². The van der Waals surface area contributed by atoms with Gasteiger partial charge in [0.05, 0.1) is 29.3 Å². The molecule has 0 atom stereocenters. The lowest BCUT2D eigenvalue weighted by atomic mass is 10.2. The van der Waals surface area contributed by atoms with E-state index in [1.165, 1.54) is 22.8 Å². The summed E-state index contributed by atoms with van der Waals surface area (Å²) in [5.74, 6) is 0.984. The first-order valence-corrected chi connectivity index (χ1v) is 9.24. The Hall–Kier alpha value is -4.20. The minimum Gasteiger partial charge on any atom is -0.494 e. The number of nitro groups is 1. The molecule has 0 saturated heterocycles. The molecule has 8 heteroatoms. The largest absolute Gasteiger partial charge is 0.494 e. The van der Waals surface area contributed by atoms with Gasteiger partial charge in [-0.15, -0.1) is 0 Å². The van der Waals surface area contributed by atoms with Crippen molar-refractivity contribution >= 4 is 28.9 Å². The topological polar surface area (TPSA) is 100 Å². The van der Waals surface area contributed by atoms with Crippen LogP contribution in [0.5, 0.6) is 5.75 Å². The van der Waals surface area contributed by atoms with Gasteiger partial charge in [-0.2, -0.15) is 0 Å². The highest BCUT2D eigenvalue weighted by Gasteiger charge is 2.13. The molecule has 2 heterocycles. The fourth-order valence-corrected chi connectivity index (χ4v) is 3.06. The second-order valence-corrected chi connectivity index (χ2v) is 6.32. The molecule has 0 spiro atoms. The van der Waals surface area contributed by atoms with Crippen LogP contribution < -0.4 is 10.3 Å². The van der Waals surface area contributed by atoms with Crippen molar-refractivity contribution in [3.63, 3.8) is 0 Å². The van der Waals surface area contributed by atoms with E-state index in [2.05, 4.69) is 4.98 Å². The summed E-state index contributed by atoms with van der Waals surface area (Å²) in [4.78, 5) is 28.0. The van der Waals surface area contributed by atoms with Gasteiger partial charge in [0.15, 0.2) is 0 Å². The lowest BCUT2D eigenvalue weighted by molar-refractivity contribution is -0.402. The zero-order chi connectivity index (χ0) is 21.1. The number of ether oxygens (including phenoxy) is 1. The molecule has 0 unspecified atom stereocenters. The molecule has 4 rings (SSSR count). The molecule has 0 radical (unpaired) electrons. The van der Waals surface area contributed by atoms with Crippen LogP contribution in [0.15, 0.2) is 69.9 Å². The van der Waals surface area contributed by atoms with Gasteiger partial charge in [-0.05, 0) is 61.5 Å². The van der Waals surface area contributed by atoms with E-state index in [1.54, 1.807) is 54.6 Å². The van der Waals surface area contributed by atoms with Gasteiger partial charge >= 0.3 is 5.88 Å². The molecule has 0 aliphatic carbocycles. The number of para-hydroxylation sites is 1. The quantitative estimate of drug-likeness (QED) is 0.348. The van der Waals surface area contributed by atoms with Crippen molar-refractivity contribution in [1.29, 1.82) is 0 Å². The standard InChI is InChI=1S/C22H17N3O5/c1-2-29-16-9-7-15(8-10-16)24-20(13-11-17-12-14-21(30-17)25(27)28)23-19-6-4-3-5-18(19)22(24)26/h3-14H,2H2,1H3. The smallest absolute Gasteiger partial charge is 0.433 e. The number of furan rings is 1. The summed E-state index contributed by atoms with van der Waals surface area (Å²) < 4.78 is 12.1. The number of hydrogen-bond donors (Lipinski definition) is 0. The third-order valence-electron chi connectivity index (χ3n) is 4.40. The van der Waals surface area contributed by atoms with Crippen LogP contribution in [-0.2, 0) is 0 Å². The van der Waals surface area contributed by atoms with Crippen molar-refractivity contribution in [2.45, 2.75) is 6.92 Å². The molecular weight excluding hydrogens is 386 g/mol. The molecule has 0 saturated carbocycles. The number of aromatic nitrogens is 2. The predicted octanol–water partition coefficient (Wildman–Crippen LogP) is 4.46. The Morgan fingerprint density at radius 3 is 2.57 bits per heavy atom. The predicted molar refractivity (Wildman–Crippen MR) is 113 cm³/mol. The van der Waals surface area contributed by atoms with E-state index in [1.807, 2.05) is 6.92 Å². The molecule has 4 aromatic rings. The van der Waals surface area contributed by atoms with E-state index < -0.39 is 4.92 Å². The Labute approximate surface area is 170 Å². The van der Waals surface area contributed by atoms with Crippen LogP contribution in [0.2, 0.25) is 0 Å². The van der Waals surface area contributed by atoms with Gasteiger partial charge in [0.25, 0.3) is 5.56 Å². The molecule has 150 valence electrons. The molecule has 8 nitrogen and oxygen atoms in total. The Balaban J connectivity index is 1.84. The minimum atomic E-state index is -0.610. The number of nitrogens with zero attached hydrogens (tertiary/aromatic N) is 3. The van der Waals surface area contributed by atoms with E-state index in [0.717, 1.165) is 0 Å². The molecule has 2 aromatic heterocycles. The second-order valence-electron chi connectivity index (χ2n) is 6.32. The summed E-state index contributed by atoms with van der Waals surface area (Å²) in [5, 5.41) is 11.3. The number of hydrogen-bond acceptors (Lipinski definition) is 6. The Morgan fingerprint density at radius 1 is 1.10 bits per heavy atom.